The predicted molar refractivity (Wildman–Crippen MR) is 142 cm³/mol. The van der Waals surface area contributed by atoms with Gasteiger partial charge in [-0.2, -0.15) is 0 Å². The summed E-state index contributed by atoms with van der Waals surface area (Å²) in [5.74, 6) is -3.33. The standard InChI is InChI=1S/C29H32N2O5S/c1-3-16-30(17-19-10-6-4-7-11-19)26(34)24-29-15-14-28(2,37-29)23(27(35)36)22(29)25(33)31(24)21(18-32)20-12-8-5-9-13-20/h3-13,21-24,32H,1,14-18H2,2H3,(H,35,36)/t21-,22+,23+,24?,28-,29?/m1/s1. The summed E-state index contributed by atoms with van der Waals surface area (Å²) in [6.45, 7) is 6.01. The lowest BCUT2D eigenvalue weighted by Crippen LogP contribution is -2.55. The Morgan fingerprint density at radius 3 is 2.41 bits per heavy atom. The molecule has 1 spiro atoms. The van der Waals surface area contributed by atoms with Crippen molar-refractivity contribution in [3.63, 3.8) is 0 Å². The Kier molecular flexibility index (Phi) is 6.66. The van der Waals surface area contributed by atoms with Gasteiger partial charge in [-0.05, 0) is 30.9 Å². The van der Waals surface area contributed by atoms with E-state index in [2.05, 4.69) is 6.58 Å². The highest BCUT2D eigenvalue weighted by Gasteiger charge is 2.78. The van der Waals surface area contributed by atoms with Gasteiger partial charge in [0.05, 0.1) is 29.2 Å². The molecule has 5 rings (SSSR count). The monoisotopic (exact) mass is 520 g/mol. The van der Waals surface area contributed by atoms with E-state index in [1.54, 1.807) is 11.0 Å². The third-order valence-electron chi connectivity index (χ3n) is 8.28. The number of aliphatic carboxylic acids is 1. The van der Waals surface area contributed by atoms with Gasteiger partial charge in [-0.1, -0.05) is 66.7 Å². The minimum Gasteiger partial charge on any atom is -0.481 e. The number of thioether (sulfide) groups is 1. The quantitative estimate of drug-likeness (QED) is 0.491. The van der Waals surface area contributed by atoms with E-state index in [-0.39, 0.29) is 25.0 Å². The zero-order chi connectivity index (χ0) is 26.4. The van der Waals surface area contributed by atoms with E-state index in [0.717, 1.165) is 5.56 Å². The SMILES string of the molecule is C=CCN(Cc1ccccc1)C(=O)C1N([C@H](CO)c2ccccc2)C(=O)[C@@H]2[C@@H](C(=O)O)[C@@]3(C)CCC12S3. The maximum atomic E-state index is 14.5. The number of likely N-dealkylation sites (tertiary alicyclic amines) is 1. The molecule has 7 nitrogen and oxygen atoms in total. The van der Waals surface area contributed by atoms with Gasteiger partial charge in [0, 0.05) is 17.8 Å². The van der Waals surface area contributed by atoms with Gasteiger partial charge in [0.25, 0.3) is 0 Å². The molecule has 6 atom stereocenters. The molecule has 37 heavy (non-hydrogen) atoms. The number of amides is 2. The second kappa shape index (κ2) is 9.65. The first-order valence-corrected chi connectivity index (χ1v) is 13.4. The smallest absolute Gasteiger partial charge is 0.308 e. The van der Waals surface area contributed by atoms with Crippen molar-refractivity contribution in [1.82, 2.24) is 9.80 Å². The summed E-state index contributed by atoms with van der Waals surface area (Å²) in [7, 11) is 0. The first-order valence-electron chi connectivity index (χ1n) is 12.6. The van der Waals surface area contributed by atoms with Crippen LogP contribution in [0.5, 0.6) is 0 Å². The minimum absolute atomic E-state index is 0.239. The van der Waals surface area contributed by atoms with Crippen molar-refractivity contribution in [2.24, 2.45) is 11.8 Å². The number of carbonyl (C=O) groups excluding carboxylic acids is 2. The highest BCUT2D eigenvalue weighted by Crippen LogP contribution is 2.72. The number of hydrogen-bond donors (Lipinski definition) is 2. The van der Waals surface area contributed by atoms with Crippen LogP contribution in [-0.2, 0) is 20.9 Å². The van der Waals surface area contributed by atoms with Gasteiger partial charge >= 0.3 is 5.97 Å². The van der Waals surface area contributed by atoms with E-state index in [9.17, 15) is 24.6 Å². The number of benzene rings is 2. The van der Waals surface area contributed by atoms with Crippen LogP contribution in [0.3, 0.4) is 0 Å². The van der Waals surface area contributed by atoms with Crippen molar-refractivity contribution >= 4 is 29.5 Å². The van der Waals surface area contributed by atoms with Gasteiger partial charge in [-0.3, -0.25) is 14.4 Å². The van der Waals surface area contributed by atoms with Gasteiger partial charge < -0.3 is 20.0 Å². The molecule has 194 valence electrons. The van der Waals surface area contributed by atoms with Crippen LogP contribution in [0.25, 0.3) is 0 Å². The Labute approximate surface area is 221 Å². The molecule has 3 aliphatic rings. The Bertz CT molecular complexity index is 1210. The highest BCUT2D eigenvalue weighted by atomic mass is 32.2. The van der Waals surface area contributed by atoms with Crippen molar-refractivity contribution in [2.75, 3.05) is 13.2 Å². The predicted octanol–water partition coefficient (Wildman–Crippen LogP) is 3.50. The number of carboxylic acids is 1. The highest BCUT2D eigenvalue weighted by molar-refractivity contribution is 8.02. The van der Waals surface area contributed by atoms with Gasteiger partial charge in [0.15, 0.2) is 0 Å². The minimum atomic E-state index is -1.00. The van der Waals surface area contributed by atoms with Crippen molar-refractivity contribution in [3.05, 3.63) is 84.4 Å². The molecule has 0 aliphatic carbocycles. The number of carboxylic acid groups (broad SMARTS) is 1. The fraction of sp³-hybridized carbons (Fsp3) is 0.414. The lowest BCUT2D eigenvalue weighted by molar-refractivity contribution is -0.151. The van der Waals surface area contributed by atoms with E-state index in [4.69, 9.17) is 0 Å². The molecular formula is C29H32N2O5S. The normalized spacial score (nSPS) is 30.7. The molecule has 3 aliphatic heterocycles. The number of aliphatic hydroxyl groups excluding tert-OH is 1. The summed E-state index contributed by atoms with van der Waals surface area (Å²) in [4.78, 5) is 44.4. The second-order valence-corrected chi connectivity index (χ2v) is 12.3. The number of fused-ring (bicyclic) bond motifs is 1. The van der Waals surface area contributed by atoms with Crippen LogP contribution < -0.4 is 0 Å². The molecule has 2 aromatic rings. The molecule has 3 saturated heterocycles. The first kappa shape index (κ1) is 25.5. The largest absolute Gasteiger partial charge is 0.481 e. The Balaban J connectivity index is 1.62. The fourth-order valence-electron chi connectivity index (χ4n) is 6.75. The van der Waals surface area contributed by atoms with Crippen LogP contribution in [0, 0.1) is 11.8 Å². The first-order chi connectivity index (χ1) is 17.8. The number of hydrogen-bond acceptors (Lipinski definition) is 5. The zero-order valence-electron chi connectivity index (χ0n) is 20.8. The molecule has 0 saturated carbocycles. The molecule has 2 aromatic carbocycles. The average molecular weight is 521 g/mol. The van der Waals surface area contributed by atoms with Gasteiger partial charge in [0.1, 0.15) is 6.04 Å². The van der Waals surface area contributed by atoms with E-state index >= 15 is 0 Å². The molecular weight excluding hydrogens is 488 g/mol. The van der Waals surface area contributed by atoms with Crippen molar-refractivity contribution in [1.29, 1.82) is 0 Å². The summed E-state index contributed by atoms with van der Waals surface area (Å²) >= 11 is 1.50. The maximum Gasteiger partial charge on any atom is 0.308 e. The number of nitrogens with zero attached hydrogens (tertiary/aromatic N) is 2. The molecule has 2 unspecified atom stereocenters. The van der Waals surface area contributed by atoms with Gasteiger partial charge in [-0.25, -0.2) is 0 Å². The lowest BCUT2D eigenvalue weighted by Gasteiger charge is -2.39. The van der Waals surface area contributed by atoms with Crippen LogP contribution in [-0.4, -0.2) is 66.5 Å². The Hall–Kier alpha value is -3.10. The topological polar surface area (TPSA) is 98.2 Å². The molecule has 0 radical (unpaired) electrons. The second-order valence-electron chi connectivity index (χ2n) is 10.4. The average Bonchev–Trinajstić information content (AvgIpc) is 3.46. The summed E-state index contributed by atoms with van der Waals surface area (Å²) in [5, 5.41) is 20.8. The van der Waals surface area contributed by atoms with Crippen LogP contribution in [0.4, 0.5) is 0 Å². The van der Waals surface area contributed by atoms with E-state index in [0.29, 0.717) is 24.9 Å². The van der Waals surface area contributed by atoms with Gasteiger partial charge in [0.2, 0.25) is 11.8 Å². The molecule has 8 heteroatoms. The summed E-state index contributed by atoms with van der Waals surface area (Å²) in [6.07, 6.45) is 2.85. The van der Waals surface area contributed by atoms with Crippen molar-refractivity contribution in [2.45, 2.75) is 47.9 Å². The van der Waals surface area contributed by atoms with E-state index < -0.39 is 39.4 Å². The van der Waals surface area contributed by atoms with Crippen LogP contribution in [0.15, 0.2) is 73.3 Å². The molecule has 3 heterocycles. The molecule has 2 amide bonds. The van der Waals surface area contributed by atoms with Crippen molar-refractivity contribution < 1.29 is 24.6 Å². The number of carbonyl (C=O) groups is 3. The summed E-state index contributed by atoms with van der Waals surface area (Å²) < 4.78 is -1.49. The molecule has 3 fully saturated rings. The Morgan fingerprint density at radius 2 is 1.81 bits per heavy atom. The van der Waals surface area contributed by atoms with Gasteiger partial charge in [-0.15, -0.1) is 18.3 Å². The zero-order valence-corrected chi connectivity index (χ0v) is 21.6. The third kappa shape index (κ3) is 3.97. The molecule has 2 N–H and O–H groups in total. The molecule has 0 aromatic heterocycles. The van der Waals surface area contributed by atoms with E-state index in [1.807, 2.05) is 67.6 Å². The van der Waals surface area contributed by atoms with Crippen LogP contribution >= 0.6 is 11.8 Å². The number of rotatable bonds is 9. The fourth-order valence-corrected chi connectivity index (χ4v) is 9.08. The van der Waals surface area contributed by atoms with E-state index in [1.165, 1.54) is 16.7 Å². The maximum absolute atomic E-state index is 14.5. The van der Waals surface area contributed by atoms with Crippen LogP contribution in [0.1, 0.15) is 36.9 Å². The summed E-state index contributed by atoms with van der Waals surface area (Å²) in [5.41, 5.74) is 1.66. The van der Waals surface area contributed by atoms with Crippen molar-refractivity contribution in [3.8, 4) is 0 Å². The summed E-state index contributed by atoms with van der Waals surface area (Å²) in [6, 6.07) is 17.1. The van der Waals surface area contributed by atoms with Crippen LogP contribution in [0.2, 0.25) is 0 Å². The lowest BCUT2D eigenvalue weighted by atomic mass is 9.66. The number of aliphatic hydroxyl groups is 1. The Morgan fingerprint density at radius 1 is 1.16 bits per heavy atom. The third-order valence-corrected chi connectivity index (χ3v) is 10.3. The molecule has 2 bridgehead atoms.